The number of hydrogen-bond acceptors (Lipinski definition) is 3. The first-order valence-electron chi connectivity index (χ1n) is 3.81. The molecule has 0 radical (unpaired) electrons. The quantitative estimate of drug-likeness (QED) is 0.920. The Kier molecular flexibility index (Phi) is 6.30. The van der Waals surface area contributed by atoms with Gasteiger partial charge in [-0.2, -0.15) is 5.26 Å². The highest BCUT2D eigenvalue weighted by Gasteiger charge is 2.05. The Balaban J connectivity index is 0.00000169. The van der Waals surface area contributed by atoms with E-state index in [1.165, 1.54) is 0 Å². The van der Waals surface area contributed by atoms with Crippen molar-refractivity contribution in [1.82, 2.24) is 0 Å². The number of nitriles is 1. The minimum Gasteiger partial charge on any atom is -0.491 e. The summed E-state index contributed by atoms with van der Waals surface area (Å²) in [6.07, 6.45) is 0. The van der Waals surface area contributed by atoms with Crippen molar-refractivity contribution in [3.63, 3.8) is 0 Å². The average Bonchev–Trinajstić information content (AvgIpc) is 2.15. The summed E-state index contributed by atoms with van der Waals surface area (Å²) in [5.41, 5.74) is 5.80. The summed E-state index contributed by atoms with van der Waals surface area (Å²) in [7, 11) is 0. The van der Waals surface area contributed by atoms with Crippen LogP contribution in [-0.2, 0) is 0 Å². The number of nitrogens with zero attached hydrogens (tertiary/aromatic N) is 1. The van der Waals surface area contributed by atoms with E-state index >= 15 is 0 Å². The van der Waals surface area contributed by atoms with E-state index in [1.807, 2.05) is 6.07 Å². The zero-order chi connectivity index (χ0) is 9.68. The Morgan fingerprint density at radius 2 is 2.21 bits per heavy atom. The lowest BCUT2D eigenvalue weighted by molar-refractivity contribution is 0.327. The third-order valence-electron chi connectivity index (χ3n) is 1.46. The van der Waals surface area contributed by atoms with E-state index in [1.54, 1.807) is 12.1 Å². The van der Waals surface area contributed by atoms with Crippen molar-refractivity contribution in [2.24, 2.45) is 5.73 Å². The Morgan fingerprint density at radius 3 is 2.79 bits per heavy atom. The fourth-order valence-electron chi connectivity index (χ4n) is 0.902. The number of benzene rings is 1. The number of rotatable bonds is 3. The van der Waals surface area contributed by atoms with Crippen LogP contribution in [0.4, 0.5) is 0 Å². The van der Waals surface area contributed by atoms with Crippen LogP contribution in [0.25, 0.3) is 0 Å². The summed E-state index contributed by atoms with van der Waals surface area (Å²) in [5, 5.41) is 8.81. The number of nitrogens with two attached hydrogens (primary N) is 1. The first kappa shape index (κ1) is 13.2. The van der Waals surface area contributed by atoms with Gasteiger partial charge in [-0.05, 0) is 28.1 Å². The van der Waals surface area contributed by atoms with Crippen molar-refractivity contribution in [3.8, 4) is 11.8 Å². The second kappa shape index (κ2) is 6.66. The fraction of sp³-hybridized carbons (Fsp3) is 0.222. The summed E-state index contributed by atoms with van der Waals surface area (Å²) >= 11 is 3.27. The Labute approximate surface area is 97.4 Å². The summed E-state index contributed by atoms with van der Waals surface area (Å²) in [5.74, 6) is 0.572. The highest BCUT2D eigenvalue weighted by molar-refractivity contribution is 9.10. The second-order valence-corrected chi connectivity index (χ2v) is 3.22. The van der Waals surface area contributed by atoms with Gasteiger partial charge in [-0.25, -0.2) is 0 Å². The lowest BCUT2D eigenvalue weighted by Gasteiger charge is -2.06. The van der Waals surface area contributed by atoms with E-state index in [2.05, 4.69) is 22.0 Å². The molecule has 5 heteroatoms. The molecule has 1 aromatic carbocycles. The molecule has 1 rings (SSSR count). The highest BCUT2D eigenvalue weighted by atomic mass is 79.9. The van der Waals surface area contributed by atoms with Crippen molar-refractivity contribution >= 4 is 28.3 Å². The Bertz CT molecular complexity index is 338. The molecule has 76 valence electrons. The summed E-state index contributed by atoms with van der Waals surface area (Å²) in [6, 6.07) is 7.42. The van der Waals surface area contributed by atoms with Gasteiger partial charge in [0.1, 0.15) is 24.0 Å². The minimum absolute atomic E-state index is 0. The monoisotopic (exact) mass is 276 g/mol. The average molecular weight is 278 g/mol. The highest BCUT2D eigenvalue weighted by Crippen LogP contribution is 2.25. The zero-order valence-electron chi connectivity index (χ0n) is 7.37. The van der Waals surface area contributed by atoms with E-state index in [-0.39, 0.29) is 12.4 Å². The van der Waals surface area contributed by atoms with E-state index in [4.69, 9.17) is 15.7 Å². The standard InChI is InChI=1S/C9H9BrN2O.ClH/c10-8-2-1-3-9(7(8)6-12)13-5-4-11;/h1-3H,4-5,11H2;1H. The van der Waals surface area contributed by atoms with Gasteiger partial charge in [0.25, 0.3) is 0 Å². The van der Waals surface area contributed by atoms with Gasteiger partial charge >= 0.3 is 0 Å². The van der Waals surface area contributed by atoms with Gasteiger partial charge < -0.3 is 10.5 Å². The first-order valence-corrected chi connectivity index (χ1v) is 4.60. The summed E-state index contributed by atoms with van der Waals surface area (Å²) in [4.78, 5) is 0. The van der Waals surface area contributed by atoms with Crippen LogP contribution in [0.5, 0.6) is 5.75 Å². The molecule has 0 saturated carbocycles. The Morgan fingerprint density at radius 1 is 1.50 bits per heavy atom. The summed E-state index contributed by atoms with van der Waals surface area (Å²) in [6.45, 7) is 0.864. The topological polar surface area (TPSA) is 59.0 Å². The van der Waals surface area contributed by atoms with Crippen LogP contribution in [0, 0.1) is 11.3 Å². The van der Waals surface area contributed by atoms with Crippen LogP contribution in [0.1, 0.15) is 5.56 Å². The van der Waals surface area contributed by atoms with E-state index < -0.39 is 0 Å². The van der Waals surface area contributed by atoms with Gasteiger partial charge in [0.2, 0.25) is 0 Å². The van der Waals surface area contributed by atoms with E-state index in [0.29, 0.717) is 24.5 Å². The number of hydrogen-bond donors (Lipinski definition) is 1. The molecule has 0 heterocycles. The molecule has 0 aromatic heterocycles. The third-order valence-corrected chi connectivity index (χ3v) is 2.12. The van der Waals surface area contributed by atoms with Crippen molar-refractivity contribution in [2.45, 2.75) is 0 Å². The maximum atomic E-state index is 8.81. The molecule has 14 heavy (non-hydrogen) atoms. The lowest BCUT2D eigenvalue weighted by atomic mass is 10.2. The minimum atomic E-state index is 0. The van der Waals surface area contributed by atoms with Crippen LogP contribution in [0.15, 0.2) is 22.7 Å². The predicted molar refractivity (Wildman–Crippen MR) is 60.7 cm³/mol. The van der Waals surface area contributed by atoms with Crippen LogP contribution in [0.2, 0.25) is 0 Å². The van der Waals surface area contributed by atoms with Gasteiger partial charge in [-0.15, -0.1) is 12.4 Å². The van der Waals surface area contributed by atoms with Crippen molar-refractivity contribution in [3.05, 3.63) is 28.2 Å². The van der Waals surface area contributed by atoms with Gasteiger partial charge in [0.05, 0.1) is 0 Å². The maximum absolute atomic E-state index is 8.81. The van der Waals surface area contributed by atoms with Gasteiger partial charge in [0, 0.05) is 11.0 Å². The predicted octanol–water partition coefficient (Wildman–Crippen LogP) is 2.08. The van der Waals surface area contributed by atoms with Crippen LogP contribution >= 0.6 is 28.3 Å². The molecule has 0 unspecified atom stereocenters. The molecule has 0 amide bonds. The van der Waals surface area contributed by atoms with E-state index in [0.717, 1.165) is 4.47 Å². The number of halogens is 2. The second-order valence-electron chi connectivity index (χ2n) is 2.36. The Hall–Kier alpha value is -0.760. The SMILES string of the molecule is Cl.N#Cc1c(Br)cccc1OCCN. The van der Waals surface area contributed by atoms with Crippen LogP contribution < -0.4 is 10.5 Å². The van der Waals surface area contributed by atoms with Gasteiger partial charge in [-0.3, -0.25) is 0 Å². The molecule has 0 aliphatic rings. The molecule has 3 nitrogen and oxygen atoms in total. The van der Waals surface area contributed by atoms with Crippen molar-refractivity contribution < 1.29 is 4.74 Å². The maximum Gasteiger partial charge on any atom is 0.138 e. The van der Waals surface area contributed by atoms with Crippen LogP contribution in [0.3, 0.4) is 0 Å². The fourth-order valence-corrected chi connectivity index (χ4v) is 1.34. The van der Waals surface area contributed by atoms with E-state index in [9.17, 15) is 0 Å². The molecular formula is C9H10BrClN2O. The first-order chi connectivity index (χ1) is 6.29. The molecular weight excluding hydrogens is 267 g/mol. The van der Waals surface area contributed by atoms with Crippen LogP contribution in [-0.4, -0.2) is 13.2 Å². The third kappa shape index (κ3) is 3.18. The molecule has 0 fully saturated rings. The molecule has 0 atom stereocenters. The van der Waals surface area contributed by atoms with Gasteiger partial charge in [0.15, 0.2) is 0 Å². The molecule has 0 saturated heterocycles. The molecule has 0 spiro atoms. The number of ether oxygens (including phenoxy) is 1. The van der Waals surface area contributed by atoms with Crippen molar-refractivity contribution in [2.75, 3.05) is 13.2 Å². The molecule has 0 aliphatic heterocycles. The molecule has 0 aliphatic carbocycles. The molecule has 0 bridgehead atoms. The zero-order valence-corrected chi connectivity index (χ0v) is 9.77. The largest absolute Gasteiger partial charge is 0.491 e. The van der Waals surface area contributed by atoms with Crippen molar-refractivity contribution in [1.29, 1.82) is 5.26 Å². The molecule has 2 N–H and O–H groups in total. The lowest BCUT2D eigenvalue weighted by Crippen LogP contribution is -2.11. The van der Waals surface area contributed by atoms with Gasteiger partial charge in [-0.1, -0.05) is 6.07 Å². The molecule has 1 aromatic rings. The smallest absolute Gasteiger partial charge is 0.138 e. The summed E-state index contributed by atoms with van der Waals surface area (Å²) < 4.78 is 6.02. The normalized spacial score (nSPS) is 8.64.